The van der Waals surface area contributed by atoms with E-state index in [9.17, 15) is 26.0 Å². The number of imidazole rings is 1. The van der Waals surface area contributed by atoms with Crippen LogP contribution < -0.4 is 10.5 Å². The Balaban J connectivity index is 1.99. The molecule has 1 heterocycles. The standard InChI is InChI=1S/C19H20F4N4O2S/c1-3-27-17-9-13(19(21,22)23)4-7-16(17)25-18(27)11(2)26-30(28,29)14-5-6-15(20)12(8-14)10-24/h4-9,11,26H,3,10,24H2,1-2H3. The minimum Gasteiger partial charge on any atom is -0.327 e. The number of aryl methyl sites for hydroxylation is 1. The van der Waals surface area contributed by atoms with Crippen molar-refractivity contribution < 1.29 is 26.0 Å². The summed E-state index contributed by atoms with van der Waals surface area (Å²) in [5.41, 5.74) is 5.23. The molecule has 0 fully saturated rings. The molecular formula is C19H20F4N4O2S. The van der Waals surface area contributed by atoms with Crippen LogP contribution in [-0.4, -0.2) is 18.0 Å². The van der Waals surface area contributed by atoms with Crippen LogP contribution in [0.2, 0.25) is 0 Å². The highest BCUT2D eigenvalue weighted by molar-refractivity contribution is 7.89. The van der Waals surface area contributed by atoms with Crippen molar-refractivity contribution in [1.29, 1.82) is 0 Å². The van der Waals surface area contributed by atoms with Gasteiger partial charge in [0, 0.05) is 18.7 Å². The van der Waals surface area contributed by atoms with Crippen molar-refractivity contribution in [2.45, 2.75) is 44.1 Å². The molecule has 0 radical (unpaired) electrons. The molecule has 1 atom stereocenters. The second-order valence-corrected chi connectivity index (χ2v) is 8.43. The normalized spacial score (nSPS) is 13.7. The molecule has 0 spiro atoms. The van der Waals surface area contributed by atoms with E-state index in [0.717, 1.165) is 30.3 Å². The minimum atomic E-state index is -4.51. The van der Waals surface area contributed by atoms with Crippen molar-refractivity contribution in [2.24, 2.45) is 5.73 Å². The molecule has 1 unspecified atom stereocenters. The molecule has 6 nitrogen and oxygen atoms in total. The molecule has 30 heavy (non-hydrogen) atoms. The van der Waals surface area contributed by atoms with Gasteiger partial charge in [-0.1, -0.05) is 0 Å². The van der Waals surface area contributed by atoms with E-state index in [1.54, 1.807) is 6.92 Å². The van der Waals surface area contributed by atoms with Gasteiger partial charge in [-0.05, 0) is 50.2 Å². The fourth-order valence-electron chi connectivity index (χ4n) is 3.21. The third-order valence-electron chi connectivity index (χ3n) is 4.69. The van der Waals surface area contributed by atoms with E-state index in [-0.39, 0.29) is 34.9 Å². The number of hydrogen-bond donors (Lipinski definition) is 2. The molecule has 0 aliphatic carbocycles. The molecule has 0 amide bonds. The Hall–Kier alpha value is -2.50. The largest absolute Gasteiger partial charge is 0.416 e. The monoisotopic (exact) mass is 444 g/mol. The van der Waals surface area contributed by atoms with E-state index in [1.165, 1.54) is 17.6 Å². The zero-order chi connectivity index (χ0) is 22.3. The lowest BCUT2D eigenvalue weighted by Gasteiger charge is -2.16. The van der Waals surface area contributed by atoms with Crippen LogP contribution >= 0.6 is 0 Å². The molecule has 3 rings (SSSR count). The Morgan fingerprint density at radius 3 is 2.50 bits per heavy atom. The summed E-state index contributed by atoms with van der Waals surface area (Å²) in [5, 5.41) is 0. The highest BCUT2D eigenvalue weighted by Crippen LogP contribution is 2.32. The highest BCUT2D eigenvalue weighted by atomic mass is 32.2. The van der Waals surface area contributed by atoms with Gasteiger partial charge in [-0.15, -0.1) is 0 Å². The number of sulfonamides is 1. The van der Waals surface area contributed by atoms with Crippen molar-refractivity contribution in [2.75, 3.05) is 0 Å². The number of nitrogens with zero attached hydrogens (tertiary/aromatic N) is 2. The molecule has 2 aromatic carbocycles. The first-order valence-electron chi connectivity index (χ1n) is 9.06. The van der Waals surface area contributed by atoms with Gasteiger partial charge in [0.1, 0.15) is 11.6 Å². The summed E-state index contributed by atoms with van der Waals surface area (Å²) in [6.45, 7) is 3.37. The number of fused-ring (bicyclic) bond motifs is 1. The first-order chi connectivity index (χ1) is 14.0. The lowest BCUT2D eigenvalue weighted by molar-refractivity contribution is -0.137. The number of nitrogens with one attached hydrogen (secondary N) is 1. The van der Waals surface area contributed by atoms with Gasteiger partial charge >= 0.3 is 6.18 Å². The second kappa shape index (κ2) is 7.97. The lowest BCUT2D eigenvalue weighted by Crippen LogP contribution is -2.29. The summed E-state index contributed by atoms with van der Waals surface area (Å²) in [4.78, 5) is 4.15. The summed E-state index contributed by atoms with van der Waals surface area (Å²) in [7, 11) is -4.06. The van der Waals surface area contributed by atoms with Crippen molar-refractivity contribution in [1.82, 2.24) is 14.3 Å². The molecule has 0 aliphatic rings. The van der Waals surface area contributed by atoms with E-state index in [4.69, 9.17) is 5.73 Å². The predicted octanol–water partition coefficient (Wildman–Crippen LogP) is 3.71. The maximum Gasteiger partial charge on any atom is 0.416 e. The Bertz CT molecular complexity index is 1190. The van der Waals surface area contributed by atoms with Gasteiger partial charge in [0.25, 0.3) is 0 Å². The number of nitrogens with two attached hydrogens (primary N) is 1. The molecule has 0 bridgehead atoms. The first kappa shape index (κ1) is 22.2. The van der Waals surface area contributed by atoms with Gasteiger partial charge in [0.05, 0.1) is 27.5 Å². The van der Waals surface area contributed by atoms with E-state index in [2.05, 4.69) is 9.71 Å². The van der Waals surface area contributed by atoms with Gasteiger partial charge in [-0.3, -0.25) is 0 Å². The Kier molecular flexibility index (Phi) is 5.89. The van der Waals surface area contributed by atoms with Crippen LogP contribution in [-0.2, 0) is 29.3 Å². The summed E-state index contributed by atoms with van der Waals surface area (Å²) in [5.74, 6) is -0.352. The molecule has 0 aliphatic heterocycles. The van der Waals surface area contributed by atoms with Crippen LogP contribution in [0, 0.1) is 5.82 Å². The fraction of sp³-hybridized carbons (Fsp3) is 0.316. The van der Waals surface area contributed by atoms with Gasteiger partial charge in [-0.25, -0.2) is 22.5 Å². The maximum absolute atomic E-state index is 13.6. The zero-order valence-corrected chi connectivity index (χ0v) is 17.0. The van der Waals surface area contributed by atoms with E-state index < -0.39 is 33.6 Å². The molecular weight excluding hydrogens is 424 g/mol. The predicted molar refractivity (Wildman–Crippen MR) is 103 cm³/mol. The van der Waals surface area contributed by atoms with Crippen molar-refractivity contribution in [3.05, 3.63) is 59.2 Å². The molecule has 11 heteroatoms. The number of halogens is 4. The van der Waals surface area contributed by atoms with E-state index in [0.29, 0.717) is 5.52 Å². The topological polar surface area (TPSA) is 90.0 Å². The van der Waals surface area contributed by atoms with Crippen LogP contribution in [0.5, 0.6) is 0 Å². The number of aromatic nitrogens is 2. The second-order valence-electron chi connectivity index (χ2n) is 6.72. The van der Waals surface area contributed by atoms with Crippen molar-refractivity contribution in [3.63, 3.8) is 0 Å². The van der Waals surface area contributed by atoms with Crippen LogP contribution in [0.4, 0.5) is 17.6 Å². The average molecular weight is 444 g/mol. The van der Waals surface area contributed by atoms with Gasteiger partial charge in [-0.2, -0.15) is 13.2 Å². The van der Waals surface area contributed by atoms with Crippen LogP contribution in [0.1, 0.15) is 36.8 Å². The number of rotatable bonds is 6. The summed E-state index contributed by atoms with van der Waals surface area (Å²) >= 11 is 0. The fourth-order valence-corrected chi connectivity index (χ4v) is 4.46. The molecule has 0 saturated heterocycles. The smallest absolute Gasteiger partial charge is 0.327 e. The van der Waals surface area contributed by atoms with Crippen molar-refractivity contribution >= 4 is 21.1 Å². The van der Waals surface area contributed by atoms with E-state index >= 15 is 0 Å². The SMILES string of the molecule is CCn1c(C(C)NS(=O)(=O)c2ccc(F)c(CN)c2)nc2ccc(C(F)(F)F)cc21. The zero-order valence-electron chi connectivity index (χ0n) is 16.2. The van der Waals surface area contributed by atoms with Gasteiger partial charge < -0.3 is 10.3 Å². The van der Waals surface area contributed by atoms with Gasteiger partial charge in [0.2, 0.25) is 10.0 Å². The summed E-state index contributed by atoms with van der Waals surface area (Å²) in [6.07, 6.45) is -4.51. The Labute approximate surface area is 170 Å². The molecule has 1 aromatic heterocycles. The van der Waals surface area contributed by atoms with Crippen LogP contribution in [0.15, 0.2) is 41.3 Å². The molecule has 162 valence electrons. The molecule has 3 N–H and O–H groups in total. The third-order valence-corrected chi connectivity index (χ3v) is 6.23. The Morgan fingerprint density at radius 1 is 1.20 bits per heavy atom. The lowest BCUT2D eigenvalue weighted by atomic mass is 10.2. The Morgan fingerprint density at radius 2 is 1.90 bits per heavy atom. The van der Waals surface area contributed by atoms with Crippen LogP contribution in [0.3, 0.4) is 0 Å². The number of alkyl halides is 3. The van der Waals surface area contributed by atoms with Crippen molar-refractivity contribution in [3.8, 4) is 0 Å². The van der Waals surface area contributed by atoms with Gasteiger partial charge in [0.15, 0.2) is 0 Å². The first-order valence-corrected chi connectivity index (χ1v) is 10.5. The summed E-state index contributed by atoms with van der Waals surface area (Å²) in [6, 6.07) is 5.59. The highest BCUT2D eigenvalue weighted by Gasteiger charge is 2.31. The van der Waals surface area contributed by atoms with E-state index in [1.807, 2.05) is 0 Å². The minimum absolute atomic E-state index is 0.0472. The number of hydrogen-bond acceptors (Lipinski definition) is 4. The third kappa shape index (κ3) is 4.18. The maximum atomic E-state index is 13.6. The van der Waals surface area contributed by atoms with Crippen LogP contribution in [0.25, 0.3) is 11.0 Å². The molecule has 0 saturated carbocycles. The average Bonchev–Trinajstić information content (AvgIpc) is 3.05. The summed E-state index contributed by atoms with van der Waals surface area (Å²) < 4.78 is 82.2. The number of benzene rings is 2. The molecule has 3 aromatic rings. The quantitative estimate of drug-likeness (QED) is 0.567.